The number of rotatable bonds is 12. The van der Waals surface area contributed by atoms with Crippen LogP contribution in [0.1, 0.15) is 32.6 Å². The molecule has 2 N–H and O–H groups in total. The van der Waals surface area contributed by atoms with Crippen molar-refractivity contribution in [2.24, 2.45) is 0 Å². The number of nitrogens with one attached hydrogen (secondary N) is 2. The van der Waals surface area contributed by atoms with Gasteiger partial charge in [-0.15, -0.1) is 0 Å². The van der Waals surface area contributed by atoms with Crippen molar-refractivity contribution >= 4 is 11.6 Å². The highest BCUT2D eigenvalue weighted by atomic mass is 16.5. The molecule has 1 aromatic carbocycles. The van der Waals surface area contributed by atoms with E-state index in [1.807, 2.05) is 24.3 Å². The Morgan fingerprint density at radius 1 is 1.18 bits per heavy atom. The third-order valence-electron chi connectivity index (χ3n) is 3.18. The fourth-order valence-corrected chi connectivity index (χ4v) is 1.95. The molecule has 0 saturated carbocycles. The lowest BCUT2D eigenvalue weighted by molar-refractivity contribution is -0.119. The van der Waals surface area contributed by atoms with Crippen LogP contribution >= 0.6 is 0 Å². The van der Waals surface area contributed by atoms with Crippen LogP contribution in [0.2, 0.25) is 0 Å². The predicted molar refractivity (Wildman–Crippen MR) is 89.5 cm³/mol. The van der Waals surface area contributed by atoms with E-state index < -0.39 is 0 Å². The monoisotopic (exact) mass is 308 g/mol. The van der Waals surface area contributed by atoms with Gasteiger partial charge in [0.1, 0.15) is 5.75 Å². The first-order valence-corrected chi connectivity index (χ1v) is 7.98. The summed E-state index contributed by atoms with van der Waals surface area (Å²) in [5.41, 5.74) is 0.882. The maximum absolute atomic E-state index is 11.6. The van der Waals surface area contributed by atoms with E-state index in [1.165, 1.54) is 19.3 Å². The van der Waals surface area contributed by atoms with Gasteiger partial charge >= 0.3 is 0 Å². The van der Waals surface area contributed by atoms with E-state index in [-0.39, 0.29) is 12.5 Å². The van der Waals surface area contributed by atoms with E-state index in [9.17, 15) is 4.79 Å². The van der Waals surface area contributed by atoms with Crippen LogP contribution < -0.4 is 15.4 Å². The normalized spacial score (nSPS) is 10.3. The number of hydrogen-bond acceptors (Lipinski definition) is 4. The van der Waals surface area contributed by atoms with Crippen LogP contribution in [0.4, 0.5) is 5.69 Å². The summed E-state index contributed by atoms with van der Waals surface area (Å²) in [6.07, 6.45) is 4.76. The summed E-state index contributed by atoms with van der Waals surface area (Å²) in [5.74, 6) is 0.782. The van der Waals surface area contributed by atoms with Crippen LogP contribution in [0.3, 0.4) is 0 Å². The first kappa shape index (κ1) is 18.3. The molecule has 0 unspecified atom stereocenters. The van der Waals surface area contributed by atoms with E-state index in [1.54, 1.807) is 7.11 Å². The number of amides is 1. The summed E-state index contributed by atoms with van der Waals surface area (Å²) in [5, 5.41) is 5.85. The fourth-order valence-electron chi connectivity index (χ4n) is 1.95. The van der Waals surface area contributed by atoms with Crippen LogP contribution in [0.25, 0.3) is 0 Å². The summed E-state index contributed by atoms with van der Waals surface area (Å²) in [4.78, 5) is 11.6. The quantitative estimate of drug-likeness (QED) is 0.583. The molecule has 22 heavy (non-hydrogen) atoms. The molecule has 0 aliphatic heterocycles. The summed E-state index contributed by atoms with van der Waals surface area (Å²) >= 11 is 0. The summed E-state index contributed by atoms with van der Waals surface area (Å²) in [6, 6.07) is 7.70. The maximum Gasteiger partial charge on any atom is 0.239 e. The van der Waals surface area contributed by atoms with E-state index in [2.05, 4.69) is 17.6 Å². The SMILES string of the molecule is CCCCCCOc1cccc(NCC(=O)NCCOC)c1. The molecule has 0 bridgehead atoms. The standard InChI is InChI=1S/C17H28N2O3/c1-3-4-5-6-11-22-16-9-7-8-15(13-16)19-14-17(20)18-10-12-21-2/h7-9,13,19H,3-6,10-12,14H2,1-2H3,(H,18,20). The first-order chi connectivity index (χ1) is 10.8. The third kappa shape index (κ3) is 8.52. The number of benzene rings is 1. The van der Waals surface area contributed by atoms with E-state index in [0.717, 1.165) is 24.5 Å². The fraction of sp³-hybridized carbons (Fsp3) is 0.588. The Hall–Kier alpha value is -1.75. The van der Waals surface area contributed by atoms with E-state index in [0.29, 0.717) is 13.2 Å². The van der Waals surface area contributed by atoms with Crippen LogP contribution in [0.15, 0.2) is 24.3 Å². The molecule has 0 saturated heterocycles. The van der Waals surface area contributed by atoms with Gasteiger partial charge in [-0.2, -0.15) is 0 Å². The van der Waals surface area contributed by atoms with Crippen molar-refractivity contribution in [2.45, 2.75) is 32.6 Å². The van der Waals surface area contributed by atoms with Crippen molar-refractivity contribution in [3.05, 3.63) is 24.3 Å². The number of carbonyl (C=O) groups excluding carboxylic acids is 1. The molecular formula is C17H28N2O3. The molecule has 5 nitrogen and oxygen atoms in total. The van der Waals surface area contributed by atoms with Gasteiger partial charge < -0.3 is 20.1 Å². The van der Waals surface area contributed by atoms with E-state index >= 15 is 0 Å². The van der Waals surface area contributed by atoms with Crippen LogP contribution in [0.5, 0.6) is 5.75 Å². The number of ether oxygens (including phenoxy) is 2. The minimum absolute atomic E-state index is 0.0528. The number of unbranched alkanes of at least 4 members (excludes halogenated alkanes) is 3. The Balaban J connectivity index is 2.26. The van der Waals surface area contributed by atoms with Crippen molar-refractivity contribution in [2.75, 3.05) is 38.7 Å². The molecule has 0 aliphatic rings. The lowest BCUT2D eigenvalue weighted by Crippen LogP contribution is -2.32. The lowest BCUT2D eigenvalue weighted by atomic mass is 10.2. The zero-order chi connectivity index (χ0) is 16.0. The highest BCUT2D eigenvalue weighted by Crippen LogP contribution is 2.17. The van der Waals surface area contributed by atoms with Gasteiger partial charge in [0.2, 0.25) is 5.91 Å². The molecule has 124 valence electrons. The van der Waals surface area contributed by atoms with Gasteiger partial charge in [0.05, 0.1) is 19.8 Å². The largest absolute Gasteiger partial charge is 0.494 e. The Morgan fingerprint density at radius 2 is 2.05 bits per heavy atom. The lowest BCUT2D eigenvalue weighted by Gasteiger charge is -2.10. The molecule has 0 spiro atoms. The maximum atomic E-state index is 11.6. The smallest absolute Gasteiger partial charge is 0.239 e. The van der Waals surface area contributed by atoms with Crippen LogP contribution in [-0.2, 0) is 9.53 Å². The average molecular weight is 308 g/mol. The van der Waals surface area contributed by atoms with Gasteiger partial charge in [0, 0.05) is 25.4 Å². The van der Waals surface area contributed by atoms with Gasteiger partial charge in [-0.05, 0) is 18.6 Å². The molecule has 1 amide bonds. The predicted octanol–water partition coefficient (Wildman–Crippen LogP) is 2.82. The molecule has 0 heterocycles. The molecule has 1 rings (SSSR count). The summed E-state index contributed by atoms with van der Waals surface area (Å²) in [6.45, 7) is 4.22. The molecule has 0 fully saturated rings. The number of anilines is 1. The second kappa shape index (κ2) is 11.9. The molecule has 1 aromatic rings. The first-order valence-electron chi connectivity index (χ1n) is 7.98. The Labute approximate surface area is 133 Å². The molecular weight excluding hydrogens is 280 g/mol. The highest BCUT2D eigenvalue weighted by molar-refractivity contribution is 5.80. The highest BCUT2D eigenvalue weighted by Gasteiger charge is 2.01. The summed E-state index contributed by atoms with van der Waals surface area (Å²) < 4.78 is 10.6. The minimum Gasteiger partial charge on any atom is -0.494 e. The van der Waals surface area contributed by atoms with Crippen molar-refractivity contribution in [1.82, 2.24) is 5.32 Å². The Bertz CT molecular complexity index is 424. The topological polar surface area (TPSA) is 59.6 Å². The number of carbonyl (C=O) groups is 1. The number of methoxy groups -OCH3 is 1. The van der Waals surface area contributed by atoms with Crippen molar-refractivity contribution in [3.8, 4) is 5.75 Å². The third-order valence-corrected chi connectivity index (χ3v) is 3.18. The molecule has 0 atom stereocenters. The summed E-state index contributed by atoms with van der Waals surface area (Å²) in [7, 11) is 1.61. The molecule has 0 aromatic heterocycles. The molecule has 0 aliphatic carbocycles. The second-order valence-corrected chi connectivity index (χ2v) is 5.13. The Kier molecular flexibility index (Phi) is 9.87. The van der Waals surface area contributed by atoms with Crippen LogP contribution in [0, 0.1) is 0 Å². The molecule has 5 heteroatoms. The van der Waals surface area contributed by atoms with Crippen LogP contribution in [-0.4, -0.2) is 39.3 Å². The van der Waals surface area contributed by atoms with Gasteiger partial charge in [0.25, 0.3) is 0 Å². The zero-order valence-electron chi connectivity index (χ0n) is 13.7. The molecule has 0 radical (unpaired) electrons. The van der Waals surface area contributed by atoms with Crippen molar-refractivity contribution in [3.63, 3.8) is 0 Å². The van der Waals surface area contributed by atoms with Gasteiger partial charge in [-0.1, -0.05) is 32.3 Å². The van der Waals surface area contributed by atoms with Crippen molar-refractivity contribution < 1.29 is 14.3 Å². The number of hydrogen-bond donors (Lipinski definition) is 2. The average Bonchev–Trinajstić information content (AvgIpc) is 2.53. The van der Waals surface area contributed by atoms with Gasteiger partial charge in [-0.3, -0.25) is 4.79 Å². The minimum atomic E-state index is -0.0528. The van der Waals surface area contributed by atoms with Gasteiger partial charge in [-0.25, -0.2) is 0 Å². The van der Waals surface area contributed by atoms with E-state index in [4.69, 9.17) is 9.47 Å². The van der Waals surface area contributed by atoms with Crippen molar-refractivity contribution in [1.29, 1.82) is 0 Å². The Morgan fingerprint density at radius 3 is 2.82 bits per heavy atom. The second-order valence-electron chi connectivity index (χ2n) is 5.13. The zero-order valence-corrected chi connectivity index (χ0v) is 13.7. The van der Waals surface area contributed by atoms with Gasteiger partial charge in [0.15, 0.2) is 0 Å².